The molecule has 5 nitrogen and oxygen atoms in total. The van der Waals surface area contributed by atoms with Gasteiger partial charge in [0.15, 0.2) is 0 Å². The van der Waals surface area contributed by atoms with Gasteiger partial charge in [0.25, 0.3) is 5.91 Å². The summed E-state index contributed by atoms with van der Waals surface area (Å²) in [4.78, 5) is 23.4. The molecule has 0 saturated heterocycles. The van der Waals surface area contributed by atoms with E-state index in [9.17, 15) is 14.0 Å². The van der Waals surface area contributed by atoms with Crippen LogP contribution in [0.1, 0.15) is 43.5 Å². The Morgan fingerprint density at radius 3 is 2.42 bits per heavy atom. The van der Waals surface area contributed by atoms with E-state index in [-0.39, 0.29) is 11.6 Å². The third-order valence-corrected chi connectivity index (χ3v) is 3.67. The molecule has 2 N–H and O–H groups in total. The highest BCUT2D eigenvalue weighted by Crippen LogP contribution is 2.21. The lowest BCUT2D eigenvalue weighted by Gasteiger charge is -2.10. The van der Waals surface area contributed by atoms with Crippen LogP contribution in [0.15, 0.2) is 42.5 Å². The zero-order valence-electron chi connectivity index (χ0n) is 15.0. The highest BCUT2D eigenvalue weighted by atomic mass is 19.1. The van der Waals surface area contributed by atoms with E-state index in [1.54, 1.807) is 24.3 Å². The summed E-state index contributed by atoms with van der Waals surface area (Å²) in [5, 5.41) is 5.06. The molecular formula is C20H23FN2O3. The Kier molecular flexibility index (Phi) is 7.14. The van der Waals surface area contributed by atoms with Gasteiger partial charge in [-0.25, -0.2) is 4.39 Å². The van der Waals surface area contributed by atoms with E-state index in [2.05, 4.69) is 17.6 Å². The van der Waals surface area contributed by atoms with Gasteiger partial charge in [0.05, 0.1) is 12.3 Å². The van der Waals surface area contributed by atoms with E-state index in [1.165, 1.54) is 25.1 Å². The van der Waals surface area contributed by atoms with Gasteiger partial charge in [-0.2, -0.15) is 0 Å². The normalized spacial score (nSPS) is 10.3. The van der Waals surface area contributed by atoms with Crippen LogP contribution in [0.2, 0.25) is 0 Å². The van der Waals surface area contributed by atoms with Crippen molar-refractivity contribution in [1.82, 2.24) is 0 Å². The fourth-order valence-electron chi connectivity index (χ4n) is 2.34. The molecular weight excluding hydrogens is 335 g/mol. The second kappa shape index (κ2) is 9.56. The van der Waals surface area contributed by atoms with Crippen molar-refractivity contribution in [2.24, 2.45) is 0 Å². The SMILES string of the molecule is CCCCCOc1ccc(C(=O)Nc2cc(NC(C)=O)ccc2F)cc1. The van der Waals surface area contributed by atoms with Crippen LogP contribution >= 0.6 is 0 Å². The minimum atomic E-state index is -0.580. The van der Waals surface area contributed by atoms with Gasteiger partial charge < -0.3 is 15.4 Å². The van der Waals surface area contributed by atoms with E-state index in [4.69, 9.17) is 4.74 Å². The average Bonchev–Trinajstić information content (AvgIpc) is 2.61. The number of carbonyl (C=O) groups excluding carboxylic acids is 2. The van der Waals surface area contributed by atoms with Crippen LogP contribution in [-0.2, 0) is 4.79 Å². The molecule has 0 atom stereocenters. The number of anilines is 2. The van der Waals surface area contributed by atoms with Crippen LogP contribution < -0.4 is 15.4 Å². The second-order valence-electron chi connectivity index (χ2n) is 5.91. The van der Waals surface area contributed by atoms with Crippen LogP contribution in [0.5, 0.6) is 5.75 Å². The van der Waals surface area contributed by atoms with Gasteiger partial charge in [-0.15, -0.1) is 0 Å². The van der Waals surface area contributed by atoms with Crippen LogP contribution in [0.3, 0.4) is 0 Å². The Bertz CT molecular complexity index is 760. The number of amides is 2. The molecule has 0 bridgehead atoms. The predicted molar refractivity (Wildman–Crippen MR) is 100 cm³/mol. The Balaban J connectivity index is 2.00. The van der Waals surface area contributed by atoms with Crippen LogP contribution in [0, 0.1) is 5.82 Å². The first kappa shape index (κ1) is 19.4. The van der Waals surface area contributed by atoms with Crippen molar-refractivity contribution >= 4 is 23.2 Å². The summed E-state index contributed by atoms with van der Waals surface area (Å²) in [6, 6.07) is 10.7. The largest absolute Gasteiger partial charge is 0.494 e. The van der Waals surface area contributed by atoms with Crippen molar-refractivity contribution in [3.05, 3.63) is 53.8 Å². The molecule has 0 aliphatic heterocycles. The molecule has 0 unspecified atom stereocenters. The van der Waals surface area contributed by atoms with Gasteiger partial charge in [0.1, 0.15) is 11.6 Å². The Hall–Kier alpha value is -2.89. The fraction of sp³-hybridized carbons (Fsp3) is 0.300. The molecule has 0 spiro atoms. The van der Waals surface area contributed by atoms with Gasteiger partial charge in [0.2, 0.25) is 5.91 Å². The third kappa shape index (κ3) is 5.88. The Morgan fingerprint density at radius 2 is 1.77 bits per heavy atom. The highest BCUT2D eigenvalue weighted by Gasteiger charge is 2.11. The van der Waals surface area contributed by atoms with Gasteiger partial charge in [0, 0.05) is 18.2 Å². The molecule has 0 radical (unpaired) electrons. The van der Waals surface area contributed by atoms with Crippen molar-refractivity contribution in [2.45, 2.75) is 33.1 Å². The summed E-state index contributed by atoms with van der Waals surface area (Å²) in [5.74, 6) is -0.607. The molecule has 2 aromatic rings. The molecule has 0 aliphatic rings. The topological polar surface area (TPSA) is 67.4 Å². The summed E-state index contributed by atoms with van der Waals surface area (Å²) < 4.78 is 19.5. The van der Waals surface area contributed by atoms with Crippen LogP contribution in [0.4, 0.5) is 15.8 Å². The minimum Gasteiger partial charge on any atom is -0.494 e. The standard InChI is InChI=1S/C20H23FN2O3/c1-3-4-5-12-26-17-9-6-15(7-10-17)20(25)23-19-13-16(22-14(2)24)8-11-18(19)21/h6-11,13H,3-5,12H2,1-2H3,(H,22,24)(H,23,25). The number of hydrogen-bond donors (Lipinski definition) is 2. The van der Waals surface area contributed by atoms with Crippen molar-refractivity contribution in [2.75, 3.05) is 17.2 Å². The second-order valence-corrected chi connectivity index (χ2v) is 5.91. The lowest BCUT2D eigenvalue weighted by Crippen LogP contribution is -2.14. The molecule has 0 aromatic heterocycles. The van der Waals surface area contributed by atoms with Crippen molar-refractivity contribution in [3.63, 3.8) is 0 Å². The Labute approximate surface area is 152 Å². The zero-order chi connectivity index (χ0) is 18.9. The number of rotatable bonds is 8. The molecule has 0 saturated carbocycles. The lowest BCUT2D eigenvalue weighted by atomic mass is 10.2. The molecule has 0 fully saturated rings. The molecule has 26 heavy (non-hydrogen) atoms. The number of hydrogen-bond acceptors (Lipinski definition) is 3. The minimum absolute atomic E-state index is 0.00106. The molecule has 138 valence electrons. The van der Waals surface area contributed by atoms with Gasteiger partial charge in [-0.1, -0.05) is 19.8 Å². The fourth-order valence-corrected chi connectivity index (χ4v) is 2.34. The van der Waals surface area contributed by atoms with Crippen LogP contribution in [-0.4, -0.2) is 18.4 Å². The molecule has 2 rings (SSSR count). The number of benzene rings is 2. The van der Waals surface area contributed by atoms with E-state index in [0.29, 0.717) is 23.6 Å². The first-order valence-corrected chi connectivity index (χ1v) is 8.61. The monoisotopic (exact) mass is 358 g/mol. The van der Waals surface area contributed by atoms with E-state index in [0.717, 1.165) is 19.3 Å². The summed E-state index contributed by atoms with van der Waals surface area (Å²) in [6.07, 6.45) is 3.23. The van der Waals surface area contributed by atoms with Crippen LogP contribution in [0.25, 0.3) is 0 Å². The number of ether oxygens (including phenoxy) is 1. The maximum atomic E-state index is 13.9. The summed E-state index contributed by atoms with van der Waals surface area (Å²) in [6.45, 7) is 4.12. The van der Waals surface area contributed by atoms with E-state index >= 15 is 0 Å². The van der Waals surface area contributed by atoms with E-state index in [1.807, 2.05) is 0 Å². The smallest absolute Gasteiger partial charge is 0.255 e. The van der Waals surface area contributed by atoms with Crippen molar-refractivity contribution in [1.29, 1.82) is 0 Å². The molecule has 0 heterocycles. The first-order chi connectivity index (χ1) is 12.5. The summed E-state index contributed by atoms with van der Waals surface area (Å²) >= 11 is 0. The third-order valence-electron chi connectivity index (χ3n) is 3.67. The maximum absolute atomic E-state index is 13.9. The van der Waals surface area contributed by atoms with Gasteiger partial charge in [-0.3, -0.25) is 9.59 Å². The number of halogens is 1. The molecule has 2 aromatic carbocycles. The van der Waals surface area contributed by atoms with Gasteiger partial charge in [-0.05, 0) is 48.9 Å². The maximum Gasteiger partial charge on any atom is 0.255 e. The quantitative estimate of drug-likeness (QED) is 0.678. The predicted octanol–water partition coefficient (Wildman–Crippen LogP) is 4.61. The molecule has 0 aliphatic carbocycles. The number of nitrogens with one attached hydrogen (secondary N) is 2. The number of carbonyl (C=O) groups is 2. The summed E-state index contributed by atoms with van der Waals surface area (Å²) in [7, 11) is 0. The van der Waals surface area contributed by atoms with Crippen molar-refractivity contribution in [3.8, 4) is 5.75 Å². The lowest BCUT2D eigenvalue weighted by molar-refractivity contribution is -0.114. The Morgan fingerprint density at radius 1 is 1.04 bits per heavy atom. The zero-order valence-corrected chi connectivity index (χ0v) is 15.0. The average molecular weight is 358 g/mol. The molecule has 2 amide bonds. The van der Waals surface area contributed by atoms with E-state index < -0.39 is 11.7 Å². The first-order valence-electron chi connectivity index (χ1n) is 8.61. The number of unbranched alkanes of at least 4 members (excludes halogenated alkanes) is 2. The van der Waals surface area contributed by atoms with Gasteiger partial charge >= 0.3 is 0 Å². The summed E-state index contributed by atoms with van der Waals surface area (Å²) in [5.41, 5.74) is 0.793. The molecule has 6 heteroatoms. The van der Waals surface area contributed by atoms with Crippen molar-refractivity contribution < 1.29 is 18.7 Å². The highest BCUT2D eigenvalue weighted by molar-refractivity contribution is 6.04.